The highest BCUT2D eigenvalue weighted by molar-refractivity contribution is 5.48. The summed E-state index contributed by atoms with van der Waals surface area (Å²) in [4.78, 5) is 21.1. The van der Waals surface area contributed by atoms with E-state index in [2.05, 4.69) is 20.4 Å². The zero-order valence-electron chi connectivity index (χ0n) is 10.6. The van der Waals surface area contributed by atoms with Crippen LogP contribution in [0.4, 0.5) is 16.0 Å². The Morgan fingerprint density at radius 1 is 1.33 bits per heavy atom. The number of hydrazine groups is 1. The number of nitrogens with zero attached hydrogens (tertiary/aromatic N) is 4. The molecule has 2 aromatic rings. The van der Waals surface area contributed by atoms with Gasteiger partial charge in [0.25, 0.3) is 0 Å². The number of nitro groups is 1. The van der Waals surface area contributed by atoms with Crippen LogP contribution in [0.5, 0.6) is 17.8 Å². The van der Waals surface area contributed by atoms with Crippen LogP contribution in [0.2, 0.25) is 0 Å². The van der Waals surface area contributed by atoms with E-state index in [1.165, 1.54) is 13.2 Å². The third kappa shape index (κ3) is 3.09. The van der Waals surface area contributed by atoms with Crippen LogP contribution < -0.4 is 20.7 Å². The second-order valence-electron chi connectivity index (χ2n) is 3.52. The molecule has 0 saturated carbocycles. The van der Waals surface area contributed by atoms with Crippen molar-refractivity contribution in [2.24, 2.45) is 5.84 Å². The number of hydrogen-bond acceptors (Lipinski definition) is 9. The Hall–Kier alpha value is -3.08. The highest BCUT2D eigenvalue weighted by atomic mass is 19.1. The van der Waals surface area contributed by atoms with Crippen molar-refractivity contribution in [2.45, 2.75) is 0 Å². The van der Waals surface area contributed by atoms with E-state index in [4.69, 9.17) is 15.3 Å². The fourth-order valence-electron chi connectivity index (χ4n) is 1.37. The van der Waals surface area contributed by atoms with Crippen molar-refractivity contribution in [3.63, 3.8) is 0 Å². The van der Waals surface area contributed by atoms with E-state index in [1.807, 2.05) is 0 Å². The maximum absolute atomic E-state index is 13.7. The summed E-state index contributed by atoms with van der Waals surface area (Å²) in [5.41, 5.74) is 1.56. The van der Waals surface area contributed by atoms with Crippen LogP contribution >= 0.6 is 0 Å². The van der Waals surface area contributed by atoms with Gasteiger partial charge in [0.15, 0.2) is 5.82 Å². The summed E-state index contributed by atoms with van der Waals surface area (Å²) < 4.78 is 23.5. The smallest absolute Gasteiger partial charge is 0.330 e. The Balaban J connectivity index is 2.45. The predicted octanol–water partition coefficient (Wildman–Crippen LogP) is 1.01. The van der Waals surface area contributed by atoms with Crippen LogP contribution in [0.1, 0.15) is 0 Å². The third-order valence-corrected chi connectivity index (χ3v) is 2.24. The quantitative estimate of drug-likeness (QED) is 0.470. The Labute approximate surface area is 116 Å². The van der Waals surface area contributed by atoms with Crippen LogP contribution in [0.15, 0.2) is 18.2 Å². The number of halogens is 1. The summed E-state index contributed by atoms with van der Waals surface area (Å²) >= 11 is 0. The molecule has 0 amide bonds. The average Bonchev–Trinajstić information content (AvgIpc) is 2.48. The first kappa shape index (κ1) is 14.3. The van der Waals surface area contributed by atoms with Gasteiger partial charge in [-0.15, -0.1) is 4.98 Å². The lowest BCUT2D eigenvalue weighted by molar-refractivity contribution is -0.385. The van der Waals surface area contributed by atoms with Gasteiger partial charge in [-0.05, 0) is 6.07 Å². The summed E-state index contributed by atoms with van der Waals surface area (Å²) in [5, 5.41) is 10.9. The van der Waals surface area contributed by atoms with Gasteiger partial charge in [-0.2, -0.15) is 9.97 Å². The molecule has 0 bridgehead atoms. The Bertz CT molecular complexity index is 660. The molecule has 11 heteroatoms. The third-order valence-electron chi connectivity index (χ3n) is 2.24. The van der Waals surface area contributed by atoms with Crippen molar-refractivity contribution < 1.29 is 18.8 Å². The van der Waals surface area contributed by atoms with Gasteiger partial charge in [-0.3, -0.25) is 15.5 Å². The average molecular weight is 296 g/mol. The lowest BCUT2D eigenvalue weighted by atomic mass is 10.3. The van der Waals surface area contributed by atoms with Gasteiger partial charge in [-0.25, -0.2) is 10.2 Å². The molecule has 0 saturated heterocycles. The van der Waals surface area contributed by atoms with E-state index in [9.17, 15) is 14.5 Å². The Morgan fingerprint density at radius 2 is 2.05 bits per heavy atom. The molecule has 1 aromatic carbocycles. The van der Waals surface area contributed by atoms with E-state index in [-0.39, 0.29) is 12.0 Å². The molecule has 1 aromatic heterocycles. The number of rotatable bonds is 5. The minimum absolute atomic E-state index is 0.115. The Kier molecular flexibility index (Phi) is 4.04. The van der Waals surface area contributed by atoms with Gasteiger partial charge in [0.1, 0.15) is 0 Å². The summed E-state index contributed by atoms with van der Waals surface area (Å²) in [6, 6.07) is 2.69. The number of nitrogen functional groups attached to an aromatic ring is 1. The van der Waals surface area contributed by atoms with Crippen LogP contribution in [0.25, 0.3) is 0 Å². The predicted molar refractivity (Wildman–Crippen MR) is 67.3 cm³/mol. The molecule has 10 nitrogen and oxygen atoms in total. The van der Waals surface area contributed by atoms with Crippen LogP contribution in [0, 0.1) is 15.9 Å². The van der Waals surface area contributed by atoms with E-state index in [1.54, 1.807) is 0 Å². The summed E-state index contributed by atoms with van der Waals surface area (Å²) in [6.45, 7) is 0. The zero-order chi connectivity index (χ0) is 15.4. The molecular formula is C10H9FN6O4. The normalized spacial score (nSPS) is 10.0. The first-order valence-corrected chi connectivity index (χ1v) is 5.42. The lowest BCUT2D eigenvalue weighted by Crippen LogP contribution is -2.12. The van der Waals surface area contributed by atoms with Gasteiger partial charge in [0, 0.05) is 6.07 Å². The molecule has 110 valence electrons. The second-order valence-corrected chi connectivity index (χ2v) is 3.52. The van der Waals surface area contributed by atoms with E-state index in [0.29, 0.717) is 0 Å². The topological polar surface area (TPSA) is 138 Å². The lowest BCUT2D eigenvalue weighted by Gasteiger charge is -2.07. The molecule has 1 heterocycles. The second kappa shape index (κ2) is 5.92. The Morgan fingerprint density at radius 3 is 2.67 bits per heavy atom. The number of para-hydroxylation sites is 1. The highest BCUT2D eigenvalue weighted by Gasteiger charge is 2.22. The zero-order valence-corrected chi connectivity index (χ0v) is 10.6. The van der Waals surface area contributed by atoms with Crippen molar-refractivity contribution in [2.75, 3.05) is 12.5 Å². The molecule has 0 aliphatic carbocycles. The number of benzene rings is 1. The number of nitrogens with two attached hydrogens (primary N) is 1. The van der Waals surface area contributed by atoms with Crippen LogP contribution in [-0.2, 0) is 0 Å². The number of methoxy groups -OCH3 is 1. The number of nitro benzene ring substituents is 1. The molecule has 0 aliphatic heterocycles. The minimum Gasteiger partial charge on any atom is -0.467 e. The van der Waals surface area contributed by atoms with E-state index in [0.717, 1.165) is 12.1 Å². The van der Waals surface area contributed by atoms with Gasteiger partial charge >= 0.3 is 17.7 Å². The van der Waals surface area contributed by atoms with Crippen LogP contribution in [-0.4, -0.2) is 27.0 Å². The van der Waals surface area contributed by atoms with Crippen molar-refractivity contribution in [3.8, 4) is 17.8 Å². The first-order chi connectivity index (χ1) is 10.0. The van der Waals surface area contributed by atoms with Crippen molar-refractivity contribution >= 4 is 11.6 Å². The van der Waals surface area contributed by atoms with Crippen LogP contribution in [0.3, 0.4) is 0 Å². The molecule has 0 fully saturated rings. The molecule has 0 spiro atoms. The maximum atomic E-state index is 13.7. The SMILES string of the molecule is COc1nc(NN)nc(Oc2c(F)cccc2[N+](=O)[O-])n1. The summed E-state index contributed by atoms with van der Waals surface area (Å²) in [5.74, 6) is 3.47. The molecule has 21 heavy (non-hydrogen) atoms. The standard InChI is InChI=1S/C10H9FN6O4/c1-20-9-13-8(16-12)14-10(15-9)21-7-5(11)3-2-4-6(7)17(18)19/h2-4H,12H2,1H3,(H,13,14,15,16). The first-order valence-electron chi connectivity index (χ1n) is 5.42. The highest BCUT2D eigenvalue weighted by Crippen LogP contribution is 2.32. The largest absolute Gasteiger partial charge is 0.467 e. The van der Waals surface area contributed by atoms with E-state index < -0.39 is 28.2 Å². The van der Waals surface area contributed by atoms with Gasteiger partial charge in [0.2, 0.25) is 11.7 Å². The fraction of sp³-hybridized carbons (Fsp3) is 0.100. The molecule has 0 radical (unpaired) electrons. The number of anilines is 1. The fourth-order valence-corrected chi connectivity index (χ4v) is 1.37. The molecule has 0 unspecified atom stereocenters. The van der Waals surface area contributed by atoms with Gasteiger partial charge in [-0.1, -0.05) is 6.07 Å². The van der Waals surface area contributed by atoms with Crippen molar-refractivity contribution in [3.05, 3.63) is 34.1 Å². The minimum atomic E-state index is -0.939. The summed E-state index contributed by atoms with van der Waals surface area (Å²) in [6.07, 6.45) is 0. The number of nitrogens with one attached hydrogen (secondary N) is 1. The molecule has 0 aliphatic rings. The number of hydrogen-bond donors (Lipinski definition) is 2. The summed E-state index contributed by atoms with van der Waals surface area (Å²) in [7, 11) is 1.28. The maximum Gasteiger partial charge on any atom is 0.330 e. The monoisotopic (exact) mass is 296 g/mol. The van der Waals surface area contributed by atoms with Gasteiger partial charge in [0.05, 0.1) is 12.0 Å². The van der Waals surface area contributed by atoms with E-state index >= 15 is 0 Å². The van der Waals surface area contributed by atoms with Crippen molar-refractivity contribution in [1.82, 2.24) is 15.0 Å². The number of aromatic nitrogens is 3. The number of ether oxygens (including phenoxy) is 2. The van der Waals surface area contributed by atoms with Gasteiger partial charge < -0.3 is 9.47 Å². The molecular weight excluding hydrogens is 287 g/mol. The van der Waals surface area contributed by atoms with Crippen molar-refractivity contribution in [1.29, 1.82) is 0 Å². The molecule has 0 atom stereocenters. The molecule has 2 rings (SSSR count). The molecule has 3 N–H and O–H groups in total.